The van der Waals surface area contributed by atoms with E-state index in [4.69, 9.17) is 0 Å². The molecule has 0 aliphatic heterocycles. The highest BCUT2D eigenvalue weighted by Gasteiger charge is 1.69. The van der Waals surface area contributed by atoms with Crippen LogP contribution in [0.15, 0.2) is 76.5 Å². The van der Waals surface area contributed by atoms with E-state index >= 15 is 0 Å². The maximum atomic E-state index is 4.58. The SMILES string of the molecule is CC(C)C.CC(C)C.CC(C)C.c1cc[nH]c1.c1ccoc1.c1ccsc1. The number of thiophene rings is 1. The molecule has 3 aromatic rings. The van der Waals surface area contributed by atoms with Crippen LogP contribution in [0.25, 0.3) is 0 Å². The van der Waals surface area contributed by atoms with Crippen LogP contribution in [0, 0.1) is 17.8 Å². The van der Waals surface area contributed by atoms with E-state index in [-0.39, 0.29) is 0 Å². The minimum atomic E-state index is 0.833. The third kappa shape index (κ3) is 68.4. The third-order valence-corrected chi connectivity index (χ3v) is 1.98. The topological polar surface area (TPSA) is 28.9 Å². The fourth-order valence-electron chi connectivity index (χ4n) is 0.731. The van der Waals surface area contributed by atoms with E-state index in [0.29, 0.717) is 0 Å². The lowest BCUT2D eigenvalue weighted by molar-refractivity contribution is 0.567. The molecule has 0 saturated carbocycles. The molecular weight excluding hydrogens is 350 g/mol. The van der Waals surface area contributed by atoms with Gasteiger partial charge in [-0.15, -0.1) is 0 Å². The lowest BCUT2D eigenvalue weighted by Gasteiger charge is -1.79. The van der Waals surface area contributed by atoms with Gasteiger partial charge in [0.15, 0.2) is 0 Å². The van der Waals surface area contributed by atoms with Crippen LogP contribution in [0.1, 0.15) is 62.3 Å². The molecular formula is C24H43NOS. The second-order valence-corrected chi connectivity index (χ2v) is 8.48. The van der Waals surface area contributed by atoms with Crippen molar-refractivity contribution >= 4 is 11.3 Å². The summed E-state index contributed by atoms with van der Waals surface area (Å²) >= 11 is 1.71. The number of rotatable bonds is 0. The van der Waals surface area contributed by atoms with Crippen LogP contribution in [0.5, 0.6) is 0 Å². The summed E-state index contributed by atoms with van der Waals surface area (Å²) < 4.78 is 4.58. The predicted octanol–water partition coefficient (Wildman–Crippen LogP) is 9.03. The number of nitrogens with one attached hydrogen (secondary N) is 1. The van der Waals surface area contributed by atoms with Gasteiger partial charge in [-0.1, -0.05) is 74.4 Å². The third-order valence-electron chi connectivity index (χ3n) is 1.35. The highest BCUT2D eigenvalue weighted by atomic mass is 32.1. The van der Waals surface area contributed by atoms with E-state index in [2.05, 4.69) is 71.7 Å². The molecule has 0 fully saturated rings. The summed E-state index contributed by atoms with van der Waals surface area (Å²) in [4.78, 5) is 2.86. The van der Waals surface area contributed by atoms with Crippen LogP contribution in [0.2, 0.25) is 0 Å². The molecule has 0 radical (unpaired) electrons. The van der Waals surface area contributed by atoms with Crippen molar-refractivity contribution in [3.05, 3.63) is 72.1 Å². The highest BCUT2D eigenvalue weighted by Crippen LogP contribution is 1.91. The fraction of sp³-hybridized carbons (Fsp3) is 0.500. The zero-order chi connectivity index (χ0) is 21.3. The summed E-state index contributed by atoms with van der Waals surface area (Å²) in [6, 6.07) is 11.6. The Morgan fingerprint density at radius 2 is 0.889 bits per heavy atom. The molecule has 0 aliphatic carbocycles. The van der Waals surface area contributed by atoms with Crippen LogP contribution < -0.4 is 0 Å². The molecule has 1 N–H and O–H groups in total. The molecule has 3 aromatic heterocycles. The van der Waals surface area contributed by atoms with Crippen molar-refractivity contribution in [2.24, 2.45) is 17.8 Å². The lowest BCUT2D eigenvalue weighted by atomic mass is 10.3. The molecule has 0 atom stereocenters. The molecule has 3 rings (SSSR count). The van der Waals surface area contributed by atoms with Crippen LogP contribution in [0.4, 0.5) is 0 Å². The van der Waals surface area contributed by atoms with E-state index in [1.165, 1.54) is 0 Å². The number of hydrogen-bond donors (Lipinski definition) is 1. The monoisotopic (exact) mass is 393 g/mol. The minimum absolute atomic E-state index is 0.833. The van der Waals surface area contributed by atoms with Crippen molar-refractivity contribution in [1.29, 1.82) is 0 Å². The second-order valence-electron chi connectivity index (χ2n) is 7.67. The Bertz CT molecular complexity index is 346. The molecule has 3 heteroatoms. The standard InChI is InChI=1S/C4H5N.C4H4O.C4H4S.3C4H10/c3*1-2-4-5-3-1;3*1-4(2)3/h1-5H;2*1-4H;3*4H,1-3H3. The highest BCUT2D eigenvalue weighted by molar-refractivity contribution is 7.07. The van der Waals surface area contributed by atoms with Crippen LogP contribution in [0.3, 0.4) is 0 Å². The number of aromatic nitrogens is 1. The molecule has 27 heavy (non-hydrogen) atoms. The van der Waals surface area contributed by atoms with E-state index in [1.807, 2.05) is 59.6 Å². The first-order valence-electron chi connectivity index (χ1n) is 9.72. The minimum Gasteiger partial charge on any atom is -0.473 e. The lowest BCUT2D eigenvalue weighted by Crippen LogP contribution is -1.66. The summed E-state index contributed by atoms with van der Waals surface area (Å²) in [5, 5.41) is 4.08. The molecule has 3 heterocycles. The van der Waals surface area contributed by atoms with Crippen molar-refractivity contribution in [3.63, 3.8) is 0 Å². The number of furan rings is 1. The fourth-order valence-corrected chi connectivity index (χ4v) is 1.18. The molecule has 0 spiro atoms. The molecule has 156 valence electrons. The van der Waals surface area contributed by atoms with Gasteiger partial charge < -0.3 is 9.40 Å². The molecule has 0 unspecified atom stereocenters. The first-order valence-corrected chi connectivity index (χ1v) is 10.7. The van der Waals surface area contributed by atoms with Crippen molar-refractivity contribution in [3.8, 4) is 0 Å². The van der Waals surface area contributed by atoms with Gasteiger partial charge in [-0.25, -0.2) is 0 Å². The summed E-state index contributed by atoms with van der Waals surface area (Å²) in [5.41, 5.74) is 0. The quantitative estimate of drug-likeness (QED) is 0.405. The van der Waals surface area contributed by atoms with Gasteiger partial charge in [0.1, 0.15) is 0 Å². The molecule has 0 aliphatic rings. The number of hydrogen-bond acceptors (Lipinski definition) is 2. The largest absolute Gasteiger partial charge is 0.473 e. The Morgan fingerprint density at radius 1 is 0.556 bits per heavy atom. The maximum absolute atomic E-state index is 4.58. The van der Waals surface area contributed by atoms with Gasteiger partial charge in [-0.3, -0.25) is 0 Å². The average Bonchev–Trinajstić information content (AvgIpc) is 3.31. The van der Waals surface area contributed by atoms with Gasteiger partial charge in [-0.2, -0.15) is 11.3 Å². The van der Waals surface area contributed by atoms with Gasteiger partial charge in [0.05, 0.1) is 12.5 Å². The zero-order valence-electron chi connectivity index (χ0n) is 19.0. The number of H-pyrrole nitrogens is 1. The normalized spacial score (nSPS) is 8.44. The Kier molecular flexibility index (Phi) is 29.4. The van der Waals surface area contributed by atoms with Crippen molar-refractivity contribution < 1.29 is 4.42 Å². The molecule has 0 aromatic carbocycles. The molecule has 0 saturated heterocycles. The zero-order valence-corrected chi connectivity index (χ0v) is 19.8. The van der Waals surface area contributed by atoms with Gasteiger partial charge >= 0.3 is 0 Å². The summed E-state index contributed by atoms with van der Waals surface area (Å²) in [6.07, 6.45) is 7.00. The first kappa shape index (κ1) is 30.0. The molecule has 0 amide bonds. The van der Waals surface area contributed by atoms with E-state index in [0.717, 1.165) is 17.8 Å². The maximum Gasteiger partial charge on any atom is 0.0902 e. The molecule has 0 bridgehead atoms. The Balaban J connectivity index is -0.000000258. The van der Waals surface area contributed by atoms with Gasteiger partial charge in [0.2, 0.25) is 0 Å². The van der Waals surface area contributed by atoms with E-state index in [9.17, 15) is 0 Å². The van der Waals surface area contributed by atoms with Crippen molar-refractivity contribution in [2.75, 3.05) is 0 Å². The summed E-state index contributed by atoms with van der Waals surface area (Å²) in [6.45, 7) is 19.5. The van der Waals surface area contributed by atoms with Crippen LogP contribution >= 0.6 is 11.3 Å². The molecule has 2 nitrogen and oxygen atoms in total. The Labute approximate surface area is 173 Å². The Morgan fingerprint density at radius 3 is 1.00 bits per heavy atom. The smallest absolute Gasteiger partial charge is 0.0902 e. The van der Waals surface area contributed by atoms with E-state index < -0.39 is 0 Å². The summed E-state index contributed by atoms with van der Waals surface area (Å²) in [5.74, 6) is 2.50. The van der Waals surface area contributed by atoms with Crippen molar-refractivity contribution in [1.82, 2.24) is 4.98 Å². The van der Waals surface area contributed by atoms with Crippen LogP contribution in [-0.4, -0.2) is 4.98 Å². The van der Waals surface area contributed by atoms with E-state index in [1.54, 1.807) is 23.9 Å². The predicted molar refractivity (Wildman–Crippen MR) is 125 cm³/mol. The van der Waals surface area contributed by atoms with Crippen LogP contribution in [-0.2, 0) is 0 Å². The average molecular weight is 394 g/mol. The van der Waals surface area contributed by atoms with Gasteiger partial charge in [0, 0.05) is 12.4 Å². The number of aromatic amines is 1. The summed E-state index contributed by atoms with van der Waals surface area (Å²) in [7, 11) is 0. The first-order chi connectivity index (χ1) is 12.7. The van der Waals surface area contributed by atoms with Crippen molar-refractivity contribution in [2.45, 2.75) is 62.3 Å². The van der Waals surface area contributed by atoms with Gasteiger partial charge in [0.25, 0.3) is 0 Å². The second kappa shape index (κ2) is 26.5. The Hall–Kier alpha value is -1.74. The van der Waals surface area contributed by atoms with Gasteiger partial charge in [-0.05, 0) is 52.8 Å².